The second-order valence-corrected chi connectivity index (χ2v) is 4.99. The fourth-order valence-corrected chi connectivity index (χ4v) is 1.81. The summed E-state index contributed by atoms with van der Waals surface area (Å²) in [6.07, 6.45) is 0. The average molecular weight is 253 g/mol. The van der Waals surface area contributed by atoms with Gasteiger partial charge in [0.15, 0.2) is 0 Å². The summed E-state index contributed by atoms with van der Waals surface area (Å²) in [5.74, 6) is 0.316. The van der Waals surface area contributed by atoms with Crippen LogP contribution >= 0.6 is 0 Å². The molecular formula is C15H24FNO. The van der Waals surface area contributed by atoms with E-state index in [1.54, 1.807) is 6.07 Å². The fourth-order valence-electron chi connectivity index (χ4n) is 1.81. The first-order valence-electron chi connectivity index (χ1n) is 6.60. The molecule has 0 saturated heterocycles. The van der Waals surface area contributed by atoms with E-state index in [1.165, 1.54) is 6.07 Å². The van der Waals surface area contributed by atoms with E-state index in [0.717, 1.165) is 11.1 Å². The van der Waals surface area contributed by atoms with Crippen molar-refractivity contribution < 1.29 is 9.13 Å². The van der Waals surface area contributed by atoms with E-state index in [0.29, 0.717) is 25.7 Å². The number of nitrogens with one attached hydrogen (secondary N) is 1. The lowest BCUT2D eigenvalue weighted by molar-refractivity contribution is 0.107. The Kier molecular flexibility index (Phi) is 6.30. The number of rotatable bonds is 7. The molecule has 0 aliphatic rings. The monoisotopic (exact) mass is 253 g/mol. The van der Waals surface area contributed by atoms with Crippen molar-refractivity contribution in [3.8, 4) is 0 Å². The number of hydrogen-bond donors (Lipinski definition) is 1. The second-order valence-electron chi connectivity index (χ2n) is 4.99. The highest BCUT2D eigenvalue weighted by Gasteiger charge is 2.13. The SMILES string of the molecule is CCOCC(NCc1cc(C)ccc1F)C(C)C. The third kappa shape index (κ3) is 4.75. The molecule has 3 heteroatoms. The van der Waals surface area contributed by atoms with Crippen LogP contribution in [0.1, 0.15) is 31.9 Å². The van der Waals surface area contributed by atoms with Crippen molar-refractivity contribution in [1.29, 1.82) is 0 Å². The van der Waals surface area contributed by atoms with E-state index in [4.69, 9.17) is 4.74 Å². The first kappa shape index (κ1) is 15.1. The minimum Gasteiger partial charge on any atom is -0.380 e. The first-order valence-corrected chi connectivity index (χ1v) is 6.60. The van der Waals surface area contributed by atoms with Gasteiger partial charge in [-0.3, -0.25) is 0 Å². The van der Waals surface area contributed by atoms with Crippen LogP contribution in [0.15, 0.2) is 18.2 Å². The van der Waals surface area contributed by atoms with Crippen LogP contribution in [0.25, 0.3) is 0 Å². The third-order valence-electron chi connectivity index (χ3n) is 3.06. The van der Waals surface area contributed by atoms with E-state index < -0.39 is 0 Å². The Balaban J connectivity index is 2.58. The molecule has 102 valence electrons. The van der Waals surface area contributed by atoms with Crippen molar-refractivity contribution in [2.24, 2.45) is 5.92 Å². The van der Waals surface area contributed by atoms with E-state index >= 15 is 0 Å². The zero-order valence-electron chi connectivity index (χ0n) is 11.8. The maximum absolute atomic E-state index is 13.6. The molecule has 1 unspecified atom stereocenters. The number of hydrogen-bond acceptors (Lipinski definition) is 2. The molecule has 0 aromatic heterocycles. The van der Waals surface area contributed by atoms with Crippen molar-refractivity contribution in [1.82, 2.24) is 5.32 Å². The highest BCUT2D eigenvalue weighted by atomic mass is 19.1. The molecule has 2 nitrogen and oxygen atoms in total. The van der Waals surface area contributed by atoms with Gasteiger partial charge in [-0.25, -0.2) is 4.39 Å². The van der Waals surface area contributed by atoms with Gasteiger partial charge in [0, 0.05) is 24.8 Å². The average Bonchev–Trinajstić information content (AvgIpc) is 2.33. The van der Waals surface area contributed by atoms with Crippen molar-refractivity contribution in [2.75, 3.05) is 13.2 Å². The van der Waals surface area contributed by atoms with E-state index in [1.807, 2.05) is 19.9 Å². The largest absolute Gasteiger partial charge is 0.380 e. The Morgan fingerprint density at radius 1 is 1.33 bits per heavy atom. The Morgan fingerprint density at radius 2 is 2.06 bits per heavy atom. The number of benzene rings is 1. The van der Waals surface area contributed by atoms with E-state index in [-0.39, 0.29) is 11.9 Å². The molecule has 1 atom stereocenters. The predicted molar refractivity (Wildman–Crippen MR) is 73.1 cm³/mol. The van der Waals surface area contributed by atoms with Gasteiger partial charge in [0.2, 0.25) is 0 Å². The number of aryl methyl sites for hydroxylation is 1. The van der Waals surface area contributed by atoms with Gasteiger partial charge in [-0.05, 0) is 25.8 Å². The summed E-state index contributed by atoms with van der Waals surface area (Å²) >= 11 is 0. The van der Waals surface area contributed by atoms with E-state index in [9.17, 15) is 4.39 Å². The highest BCUT2D eigenvalue weighted by Crippen LogP contribution is 2.11. The molecule has 18 heavy (non-hydrogen) atoms. The normalized spacial score (nSPS) is 13.0. The van der Waals surface area contributed by atoms with Crippen molar-refractivity contribution in [3.63, 3.8) is 0 Å². The molecule has 0 aliphatic heterocycles. The summed E-state index contributed by atoms with van der Waals surface area (Å²) < 4.78 is 19.0. The lowest BCUT2D eigenvalue weighted by Crippen LogP contribution is -2.37. The topological polar surface area (TPSA) is 21.3 Å². The van der Waals surface area contributed by atoms with Crippen LogP contribution in [-0.2, 0) is 11.3 Å². The third-order valence-corrected chi connectivity index (χ3v) is 3.06. The Labute approximate surface area is 110 Å². The molecule has 0 spiro atoms. The zero-order valence-corrected chi connectivity index (χ0v) is 11.8. The maximum Gasteiger partial charge on any atom is 0.127 e. The quantitative estimate of drug-likeness (QED) is 0.805. The fraction of sp³-hybridized carbons (Fsp3) is 0.600. The highest BCUT2D eigenvalue weighted by molar-refractivity contribution is 5.23. The van der Waals surface area contributed by atoms with Gasteiger partial charge in [-0.1, -0.05) is 31.5 Å². The maximum atomic E-state index is 13.6. The minimum atomic E-state index is -0.146. The molecule has 0 aliphatic carbocycles. The smallest absolute Gasteiger partial charge is 0.127 e. The van der Waals surface area contributed by atoms with Gasteiger partial charge in [0.25, 0.3) is 0 Å². The van der Waals surface area contributed by atoms with Crippen LogP contribution < -0.4 is 5.32 Å². The lowest BCUT2D eigenvalue weighted by Gasteiger charge is -2.22. The molecule has 0 bridgehead atoms. The number of halogens is 1. The van der Waals surface area contributed by atoms with Gasteiger partial charge in [0.1, 0.15) is 5.82 Å². The number of ether oxygens (including phenoxy) is 1. The molecule has 1 aromatic carbocycles. The Bertz CT molecular complexity index is 366. The van der Waals surface area contributed by atoms with Crippen LogP contribution in [-0.4, -0.2) is 19.3 Å². The standard InChI is InChI=1S/C15H24FNO/c1-5-18-10-15(11(2)3)17-9-13-8-12(4)6-7-14(13)16/h6-8,11,15,17H,5,9-10H2,1-4H3. The first-order chi connectivity index (χ1) is 8.54. The van der Waals surface area contributed by atoms with Gasteiger partial charge in [-0.15, -0.1) is 0 Å². The molecule has 1 aromatic rings. The summed E-state index contributed by atoms with van der Waals surface area (Å²) in [7, 11) is 0. The predicted octanol–water partition coefficient (Wildman–Crippen LogP) is 3.28. The van der Waals surface area contributed by atoms with Crippen LogP contribution in [0.3, 0.4) is 0 Å². The van der Waals surface area contributed by atoms with Gasteiger partial charge in [-0.2, -0.15) is 0 Å². The lowest BCUT2D eigenvalue weighted by atomic mass is 10.0. The van der Waals surface area contributed by atoms with Gasteiger partial charge in [0.05, 0.1) is 6.61 Å². The van der Waals surface area contributed by atoms with E-state index in [2.05, 4.69) is 19.2 Å². The second kappa shape index (κ2) is 7.49. The van der Waals surface area contributed by atoms with Crippen LogP contribution in [0, 0.1) is 18.7 Å². The van der Waals surface area contributed by atoms with Crippen LogP contribution in [0.5, 0.6) is 0 Å². The zero-order chi connectivity index (χ0) is 13.5. The van der Waals surface area contributed by atoms with Crippen LogP contribution in [0.4, 0.5) is 4.39 Å². The molecule has 0 fully saturated rings. The Hall–Kier alpha value is -0.930. The Morgan fingerprint density at radius 3 is 2.67 bits per heavy atom. The van der Waals surface area contributed by atoms with Gasteiger partial charge < -0.3 is 10.1 Å². The van der Waals surface area contributed by atoms with Crippen molar-refractivity contribution >= 4 is 0 Å². The minimum absolute atomic E-state index is 0.146. The molecular weight excluding hydrogens is 229 g/mol. The molecule has 0 radical (unpaired) electrons. The summed E-state index contributed by atoms with van der Waals surface area (Å²) in [6.45, 7) is 10.2. The van der Waals surface area contributed by atoms with Gasteiger partial charge >= 0.3 is 0 Å². The molecule has 0 heterocycles. The molecule has 0 amide bonds. The summed E-state index contributed by atoms with van der Waals surface area (Å²) in [5.41, 5.74) is 1.80. The molecule has 1 rings (SSSR count). The van der Waals surface area contributed by atoms with Crippen LogP contribution in [0.2, 0.25) is 0 Å². The van der Waals surface area contributed by atoms with Crippen molar-refractivity contribution in [2.45, 2.75) is 40.3 Å². The summed E-state index contributed by atoms with van der Waals surface area (Å²) in [6, 6.07) is 5.46. The molecule has 0 saturated carbocycles. The molecule has 1 N–H and O–H groups in total. The summed E-state index contributed by atoms with van der Waals surface area (Å²) in [4.78, 5) is 0. The summed E-state index contributed by atoms with van der Waals surface area (Å²) in [5, 5.41) is 3.37. The van der Waals surface area contributed by atoms with Crippen molar-refractivity contribution in [3.05, 3.63) is 35.1 Å².